The zero-order chi connectivity index (χ0) is 14.7. The lowest BCUT2D eigenvalue weighted by Gasteiger charge is -2.36. The molecule has 2 aliphatic heterocycles. The molecular formula is C15H22N4O2. The summed E-state index contributed by atoms with van der Waals surface area (Å²) in [6.45, 7) is 5.48. The highest BCUT2D eigenvalue weighted by Crippen LogP contribution is 2.17. The van der Waals surface area contributed by atoms with Gasteiger partial charge in [0, 0.05) is 31.5 Å². The van der Waals surface area contributed by atoms with Crippen molar-refractivity contribution in [2.75, 3.05) is 37.7 Å². The number of aryl methyl sites for hydroxylation is 1. The van der Waals surface area contributed by atoms with Crippen LogP contribution in [0.3, 0.4) is 0 Å². The summed E-state index contributed by atoms with van der Waals surface area (Å²) >= 11 is 0. The van der Waals surface area contributed by atoms with Crippen LogP contribution in [0.4, 0.5) is 5.95 Å². The van der Waals surface area contributed by atoms with Gasteiger partial charge in [-0.15, -0.1) is 0 Å². The van der Waals surface area contributed by atoms with Crippen LogP contribution in [0.5, 0.6) is 0 Å². The number of rotatable bonds is 2. The van der Waals surface area contributed by atoms with Gasteiger partial charge in [-0.1, -0.05) is 0 Å². The SMILES string of the molecule is Cc1ccnc(N2CCOC(C(=O)N3CCCCC3)C2)n1. The van der Waals surface area contributed by atoms with Gasteiger partial charge < -0.3 is 14.5 Å². The van der Waals surface area contributed by atoms with Crippen molar-refractivity contribution in [3.8, 4) is 0 Å². The Bertz CT molecular complexity index is 502. The first kappa shape index (κ1) is 14.3. The average molecular weight is 290 g/mol. The fourth-order valence-electron chi connectivity index (χ4n) is 2.89. The van der Waals surface area contributed by atoms with E-state index in [1.807, 2.05) is 22.8 Å². The summed E-state index contributed by atoms with van der Waals surface area (Å²) in [5, 5.41) is 0. The number of likely N-dealkylation sites (tertiary alicyclic amines) is 1. The van der Waals surface area contributed by atoms with E-state index in [9.17, 15) is 4.79 Å². The first-order chi connectivity index (χ1) is 10.2. The van der Waals surface area contributed by atoms with E-state index in [1.165, 1.54) is 6.42 Å². The minimum Gasteiger partial charge on any atom is -0.365 e. The molecule has 6 nitrogen and oxygen atoms in total. The highest BCUT2D eigenvalue weighted by molar-refractivity contribution is 5.82. The van der Waals surface area contributed by atoms with Crippen LogP contribution in [0, 0.1) is 6.92 Å². The summed E-state index contributed by atoms with van der Waals surface area (Å²) in [5.41, 5.74) is 0.936. The number of nitrogens with zero attached hydrogens (tertiary/aromatic N) is 4. The van der Waals surface area contributed by atoms with E-state index in [1.54, 1.807) is 6.20 Å². The first-order valence-corrected chi connectivity index (χ1v) is 7.69. The molecule has 2 saturated heterocycles. The van der Waals surface area contributed by atoms with E-state index in [-0.39, 0.29) is 12.0 Å². The van der Waals surface area contributed by atoms with Crippen LogP contribution in [0.25, 0.3) is 0 Å². The smallest absolute Gasteiger partial charge is 0.253 e. The third-order valence-corrected chi connectivity index (χ3v) is 4.07. The molecule has 1 amide bonds. The van der Waals surface area contributed by atoms with E-state index in [4.69, 9.17) is 4.74 Å². The van der Waals surface area contributed by atoms with Crippen molar-refractivity contribution >= 4 is 11.9 Å². The number of amides is 1. The maximum absolute atomic E-state index is 12.5. The topological polar surface area (TPSA) is 58.6 Å². The van der Waals surface area contributed by atoms with E-state index in [0.717, 1.165) is 38.2 Å². The van der Waals surface area contributed by atoms with Crippen molar-refractivity contribution in [3.05, 3.63) is 18.0 Å². The largest absolute Gasteiger partial charge is 0.365 e. The van der Waals surface area contributed by atoms with Crippen molar-refractivity contribution < 1.29 is 9.53 Å². The van der Waals surface area contributed by atoms with Crippen LogP contribution in [-0.4, -0.2) is 59.7 Å². The second-order valence-electron chi connectivity index (χ2n) is 5.69. The molecule has 0 saturated carbocycles. The van der Waals surface area contributed by atoms with Gasteiger partial charge in [0.15, 0.2) is 6.10 Å². The molecule has 3 heterocycles. The molecule has 21 heavy (non-hydrogen) atoms. The number of ether oxygens (including phenoxy) is 1. The Morgan fingerprint density at radius 3 is 2.86 bits per heavy atom. The number of aromatic nitrogens is 2. The van der Waals surface area contributed by atoms with Crippen LogP contribution >= 0.6 is 0 Å². The Kier molecular flexibility index (Phi) is 4.34. The normalized spacial score (nSPS) is 23.2. The number of hydrogen-bond acceptors (Lipinski definition) is 5. The van der Waals surface area contributed by atoms with Crippen molar-refractivity contribution in [3.63, 3.8) is 0 Å². The molecule has 114 valence electrons. The van der Waals surface area contributed by atoms with Crippen LogP contribution in [0.1, 0.15) is 25.0 Å². The molecule has 6 heteroatoms. The van der Waals surface area contributed by atoms with Gasteiger partial charge in [0.25, 0.3) is 5.91 Å². The summed E-state index contributed by atoms with van der Waals surface area (Å²) < 4.78 is 5.69. The standard InChI is InChI=1S/C15H22N4O2/c1-12-5-6-16-15(17-12)19-9-10-21-13(11-19)14(20)18-7-3-2-4-8-18/h5-6,13H,2-4,7-11H2,1H3. The Morgan fingerprint density at radius 2 is 2.10 bits per heavy atom. The van der Waals surface area contributed by atoms with Crippen LogP contribution in [0.2, 0.25) is 0 Å². The lowest BCUT2D eigenvalue weighted by molar-refractivity contribution is -0.145. The monoisotopic (exact) mass is 290 g/mol. The second-order valence-corrected chi connectivity index (χ2v) is 5.69. The van der Waals surface area contributed by atoms with Gasteiger partial charge in [-0.05, 0) is 32.3 Å². The molecule has 0 N–H and O–H groups in total. The van der Waals surface area contributed by atoms with Gasteiger partial charge in [0.1, 0.15) is 0 Å². The molecule has 2 fully saturated rings. The van der Waals surface area contributed by atoms with Crippen molar-refractivity contribution in [2.45, 2.75) is 32.3 Å². The lowest BCUT2D eigenvalue weighted by Crippen LogP contribution is -2.52. The van der Waals surface area contributed by atoms with Crippen LogP contribution in [-0.2, 0) is 9.53 Å². The molecule has 0 radical (unpaired) electrons. The van der Waals surface area contributed by atoms with Gasteiger partial charge >= 0.3 is 0 Å². The number of carbonyl (C=O) groups excluding carboxylic acids is 1. The zero-order valence-corrected chi connectivity index (χ0v) is 12.5. The Balaban J connectivity index is 1.66. The molecule has 3 rings (SSSR count). The van der Waals surface area contributed by atoms with Gasteiger partial charge in [-0.2, -0.15) is 0 Å². The number of piperidine rings is 1. The highest BCUT2D eigenvalue weighted by atomic mass is 16.5. The van der Waals surface area contributed by atoms with E-state index >= 15 is 0 Å². The number of morpholine rings is 1. The third-order valence-electron chi connectivity index (χ3n) is 4.07. The summed E-state index contributed by atoms with van der Waals surface area (Å²) in [7, 11) is 0. The first-order valence-electron chi connectivity index (χ1n) is 7.69. The van der Waals surface area contributed by atoms with Crippen LogP contribution in [0.15, 0.2) is 12.3 Å². The Morgan fingerprint density at radius 1 is 1.29 bits per heavy atom. The Labute approximate surface area is 125 Å². The van der Waals surface area contributed by atoms with Gasteiger partial charge in [-0.25, -0.2) is 9.97 Å². The molecular weight excluding hydrogens is 268 g/mol. The molecule has 1 unspecified atom stereocenters. The molecule has 1 aromatic rings. The molecule has 0 bridgehead atoms. The third kappa shape index (κ3) is 3.32. The molecule has 0 spiro atoms. The second kappa shape index (κ2) is 6.39. The zero-order valence-electron chi connectivity index (χ0n) is 12.5. The van der Waals surface area contributed by atoms with E-state index in [2.05, 4.69) is 9.97 Å². The van der Waals surface area contributed by atoms with Gasteiger partial charge in [0.05, 0.1) is 13.2 Å². The number of hydrogen-bond donors (Lipinski definition) is 0. The summed E-state index contributed by atoms with van der Waals surface area (Å²) in [5.74, 6) is 0.807. The molecule has 1 aromatic heterocycles. The summed E-state index contributed by atoms with van der Waals surface area (Å²) in [6.07, 6.45) is 4.79. The van der Waals surface area contributed by atoms with E-state index < -0.39 is 0 Å². The summed E-state index contributed by atoms with van der Waals surface area (Å²) in [6, 6.07) is 1.88. The molecule has 0 aliphatic carbocycles. The van der Waals surface area contributed by atoms with Crippen molar-refractivity contribution in [1.29, 1.82) is 0 Å². The quantitative estimate of drug-likeness (QED) is 0.813. The highest BCUT2D eigenvalue weighted by Gasteiger charge is 2.31. The number of carbonyl (C=O) groups is 1. The average Bonchev–Trinajstić information content (AvgIpc) is 2.55. The number of anilines is 1. The maximum atomic E-state index is 12.5. The van der Waals surface area contributed by atoms with Gasteiger partial charge in [0.2, 0.25) is 5.95 Å². The fraction of sp³-hybridized carbons (Fsp3) is 0.667. The predicted octanol–water partition coefficient (Wildman–Crippen LogP) is 1.00. The Hall–Kier alpha value is -1.69. The summed E-state index contributed by atoms with van der Waals surface area (Å²) in [4.78, 5) is 25.3. The molecule has 1 atom stereocenters. The molecule has 2 aliphatic rings. The minimum atomic E-state index is -0.388. The predicted molar refractivity (Wildman–Crippen MR) is 79.2 cm³/mol. The molecule has 0 aromatic carbocycles. The van der Waals surface area contributed by atoms with Crippen molar-refractivity contribution in [1.82, 2.24) is 14.9 Å². The van der Waals surface area contributed by atoms with E-state index in [0.29, 0.717) is 19.1 Å². The van der Waals surface area contributed by atoms with Crippen molar-refractivity contribution in [2.24, 2.45) is 0 Å². The van der Waals surface area contributed by atoms with Crippen LogP contribution < -0.4 is 4.90 Å². The fourth-order valence-corrected chi connectivity index (χ4v) is 2.89. The maximum Gasteiger partial charge on any atom is 0.253 e. The minimum absolute atomic E-state index is 0.118. The van der Waals surface area contributed by atoms with Gasteiger partial charge in [-0.3, -0.25) is 4.79 Å². The lowest BCUT2D eigenvalue weighted by atomic mass is 10.1.